The molecule has 1 heterocycles. The third-order valence-corrected chi connectivity index (χ3v) is 3.59. The van der Waals surface area contributed by atoms with Gasteiger partial charge >= 0.3 is 0 Å². The second-order valence-electron chi connectivity index (χ2n) is 3.51. The van der Waals surface area contributed by atoms with Crippen LogP contribution in [0.4, 0.5) is 0 Å². The summed E-state index contributed by atoms with van der Waals surface area (Å²) in [4.78, 5) is 4.53. The smallest absolute Gasteiger partial charge is 0.113 e. The molecule has 0 aliphatic heterocycles. The first-order chi connectivity index (χ1) is 6.12. The molecule has 0 saturated heterocycles. The van der Waals surface area contributed by atoms with Crippen LogP contribution >= 0.6 is 11.3 Å². The summed E-state index contributed by atoms with van der Waals surface area (Å²) >= 11 is 1.75. The van der Waals surface area contributed by atoms with Crippen LogP contribution in [0.25, 0.3) is 0 Å². The second-order valence-corrected chi connectivity index (χ2v) is 4.37. The molecule has 0 spiro atoms. The predicted octanol–water partition coefficient (Wildman–Crippen LogP) is 2.69. The molecule has 0 bridgehead atoms. The van der Waals surface area contributed by atoms with E-state index in [2.05, 4.69) is 36.5 Å². The zero-order valence-corrected chi connectivity index (χ0v) is 9.66. The van der Waals surface area contributed by atoms with Gasteiger partial charge in [0.2, 0.25) is 0 Å². The number of thiazole rings is 1. The molecule has 13 heavy (non-hydrogen) atoms. The molecule has 0 aliphatic rings. The van der Waals surface area contributed by atoms with Crippen LogP contribution in [-0.2, 0) is 5.54 Å². The van der Waals surface area contributed by atoms with Gasteiger partial charge in [0.05, 0.1) is 5.54 Å². The average molecular weight is 198 g/mol. The number of aryl methyl sites for hydroxylation is 1. The number of nitrogens with zero attached hydrogens (tertiary/aromatic N) is 1. The molecule has 0 radical (unpaired) electrons. The molecule has 3 heteroatoms. The molecule has 2 nitrogen and oxygen atoms in total. The topological polar surface area (TPSA) is 24.9 Å². The van der Waals surface area contributed by atoms with E-state index in [0.29, 0.717) is 0 Å². The van der Waals surface area contributed by atoms with Gasteiger partial charge in [-0.3, -0.25) is 0 Å². The van der Waals surface area contributed by atoms with E-state index in [1.165, 1.54) is 5.01 Å². The lowest BCUT2D eigenvalue weighted by atomic mass is 10.00. The minimum absolute atomic E-state index is 0.0632. The first-order valence-electron chi connectivity index (χ1n) is 4.80. The van der Waals surface area contributed by atoms with Crippen molar-refractivity contribution in [3.8, 4) is 0 Å². The third-order valence-electron chi connectivity index (χ3n) is 2.37. The number of hydrogen-bond donors (Lipinski definition) is 1. The van der Waals surface area contributed by atoms with Gasteiger partial charge in [-0.2, -0.15) is 0 Å². The van der Waals surface area contributed by atoms with E-state index in [0.717, 1.165) is 18.7 Å². The fourth-order valence-corrected chi connectivity index (χ4v) is 2.36. The molecule has 0 saturated carbocycles. The number of aromatic nitrogens is 1. The second kappa shape index (κ2) is 4.20. The molecule has 1 unspecified atom stereocenters. The Kier molecular flexibility index (Phi) is 3.45. The van der Waals surface area contributed by atoms with Crippen molar-refractivity contribution in [2.45, 2.75) is 39.7 Å². The Balaban J connectivity index is 2.88. The first kappa shape index (κ1) is 10.7. The maximum atomic E-state index is 4.53. The molecule has 1 atom stereocenters. The lowest BCUT2D eigenvalue weighted by Gasteiger charge is -2.26. The molecule has 0 aliphatic carbocycles. The van der Waals surface area contributed by atoms with E-state index < -0.39 is 0 Å². The average Bonchev–Trinajstić information content (AvgIpc) is 2.52. The Bertz CT molecular complexity index is 270. The SMILES string of the molecule is CCNC(C)(CC)c1nc(C)cs1. The van der Waals surface area contributed by atoms with Crippen molar-refractivity contribution in [3.05, 3.63) is 16.1 Å². The monoisotopic (exact) mass is 198 g/mol. The normalized spacial score (nSPS) is 15.7. The van der Waals surface area contributed by atoms with Crippen LogP contribution < -0.4 is 5.32 Å². The molecule has 74 valence electrons. The summed E-state index contributed by atoms with van der Waals surface area (Å²) in [5, 5.41) is 6.80. The summed E-state index contributed by atoms with van der Waals surface area (Å²) in [6.45, 7) is 9.58. The Morgan fingerprint density at radius 3 is 2.62 bits per heavy atom. The Labute approximate surface area is 84.4 Å². The molecular weight excluding hydrogens is 180 g/mol. The van der Waals surface area contributed by atoms with E-state index in [4.69, 9.17) is 0 Å². The van der Waals surface area contributed by atoms with Crippen molar-refractivity contribution in [2.24, 2.45) is 0 Å². The highest BCUT2D eigenvalue weighted by Crippen LogP contribution is 2.26. The van der Waals surface area contributed by atoms with Crippen LogP contribution in [0.15, 0.2) is 5.38 Å². The van der Waals surface area contributed by atoms with E-state index >= 15 is 0 Å². The van der Waals surface area contributed by atoms with Crippen molar-refractivity contribution in [1.82, 2.24) is 10.3 Å². The van der Waals surface area contributed by atoms with Gasteiger partial charge in [-0.15, -0.1) is 11.3 Å². The fraction of sp³-hybridized carbons (Fsp3) is 0.700. The zero-order chi connectivity index (χ0) is 9.90. The first-order valence-corrected chi connectivity index (χ1v) is 5.68. The van der Waals surface area contributed by atoms with Crippen LogP contribution in [0, 0.1) is 6.92 Å². The van der Waals surface area contributed by atoms with Gasteiger partial charge < -0.3 is 5.32 Å². The molecule has 0 fully saturated rings. The van der Waals surface area contributed by atoms with Crippen LogP contribution in [0.1, 0.15) is 37.9 Å². The van der Waals surface area contributed by atoms with E-state index in [1.54, 1.807) is 11.3 Å². The van der Waals surface area contributed by atoms with Gasteiger partial charge in [0, 0.05) is 11.1 Å². The predicted molar refractivity (Wildman–Crippen MR) is 58.2 cm³/mol. The van der Waals surface area contributed by atoms with Gasteiger partial charge in [-0.05, 0) is 26.8 Å². The summed E-state index contributed by atoms with van der Waals surface area (Å²) < 4.78 is 0. The van der Waals surface area contributed by atoms with Crippen molar-refractivity contribution in [3.63, 3.8) is 0 Å². The minimum atomic E-state index is 0.0632. The standard InChI is InChI=1S/C10H18N2S/c1-5-10(4,11-6-2)9-12-8(3)7-13-9/h7,11H,5-6H2,1-4H3. The number of rotatable bonds is 4. The fourth-order valence-electron chi connectivity index (χ4n) is 1.35. The highest BCUT2D eigenvalue weighted by atomic mass is 32.1. The summed E-state index contributed by atoms with van der Waals surface area (Å²) in [6.07, 6.45) is 1.08. The van der Waals surface area contributed by atoms with Gasteiger partial charge in [0.25, 0.3) is 0 Å². The van der Waals surface area contributed by atoms with Crippen LogP contribution in [0.3, 0.4) is 0 Å². The maximum absolute atomic E-state index is 4.53. The van der Waals surface area contributed by atoms with Gasteiger partial charge in [-0.25, -0.2) is 4.98 Å². The molecule has 0 amide bonds. The molecule has 1 N–H and O–H groups in total. The summed E-state index contributed by atoms with van der Waals surface area (Å²) in [6, 6.07) is 0. The van der Waals surface area contributed by atoms with Crippen LogP contribution in [0.5, 0.6) is 0 Å². The molecule has 1 aromatic rings. The quantitative estimate of drug-likeness (QED) is 0.804. The van der Waals surface area contributed by atoms with Gasteiger partial charge in [-0.1, -0.05) is 13.8 Å². The molecule has 1 aromatic heterocycles. The molecule has 1 rings (SSSR count). The van der Waals surface area contributed by atoms with Crippen molar-refractivity contribution >= 4 is 11.3 Å². The molecular formula is C10H18N2S. The Morgan fingerprint density at radius 1 is 1.54 bits per heavy atom. The lowest BCUT2D eigenvalue weighted by Crippen LogP contribution is -2.38. The van der Waals surface area contributed by atoms with Crippen molar-refractivity contribution in [2.75, 3.05) is 6.54 Å². The van der Waals surface area contributed by atoms with Crippen molar-refractivity contribution in [1.29, 1.82) is 0 Å². The van der Waals surface area contributed by atoms with Crippen LogP contribution in [0.2, 0.25) is 0 Å². The third kappa shape index (κ3) is 2.29. The van der Waals surface area contributed by atoms with Gasteiger partial charge in [0.15, 0.2) is 0 Å². The summed E-state index contributed by atoms with van der Waals surface area (Å²) in [7, 11) is 0. The Morgan fingerprint density at radius 2 is 2.23 bits per heavy atom. The highest BCUT2D eigenvalue weighted by molar-refractivity contribution is 7.09. The maximum Gasteiger partial charge on any atom is 0.113 e. The lowest BCUT2D eigenvalue weighted by molar-refractivity contribution is 0.361. The minimum Gasteiger partial charge on any atom is -0.306 e. The van der Waals surface area contributed by atoms with E-state index in [-0.39, 0.29) is 5.54 Å². The summed E-state index contributed by atoms with van der Waals surface area (Å²) in [5.41, 5.74) is 1.19. The number of hydrogen-bond acceptors (Lipinski definition) is 3. The molecule has 0 aromatic carbocycles. The largest absolute Gasteiger partial charge is 0.306 e. The number of nitrogens with one attached hydrogen (secondary N) is 1. The zero-order valence-electron chi connectivity index (χ0n) is 8.85. The Hall–Kier alpha value is -0.410. The van der Waals surface area contributed by atoms with E-state index in [9.17, 15) is 0 Å². The van der Waals surface area contributed by atoms with Crippen LogP contribution in [-0.4, -0.2) is 11.5 Å². The van der Waals surface area contributed by atoms with Gasteiger partial charge in [0.1, 0.15) is 5.01 Å². The van der Waals surface area contributed by atoms with E-state index in [1.807, 2.05) is 6.92 Å². The summed E-state index contributed by atoms with van der Waals surface area (Å²) in [5.74, 6) is 0. The van der Waals surface area contributed by atoms with Crippen molar-refractivity contribution < 1.29 is 0 Å². The highest BCUT2D eigenvalue weighted by Gasteiger charge is 2.25.